The largest absolute Gasteiger partial charge is 0.481 e. The zero-order valence-corrected chi connectivity index (χ0v) is 82.4. The Hall–Kier alpha value is -13.2. The fraction of sp³-hybridized carbons (Fsp3) is 0.622. The lowest BCUT2D eigenvalue weighted by Crippen LogP contribution is -2.61. The molecule has 144 heavy (non-hydrogen) atoms. The number of aliphatic hydroxyl groups excluding tert-OH is 2. The first-order chi connectivity index (χ1) is 69.1. The lowest BCUT2D eigenvalue weighted by Gasteiger charge is -2.31. The summed E-state index contributed by atoms with van der Waals surface area (Å²) in [7, 11) is 0. The number of aliphatic imine (C=N–C) groups is 1. The Morgan fingerprint density at radius 3 is 1.79 bits per heavy atom. The lowest BCUT2D eigenvalue weighted by molar-refractivity contribution is -0.143. The number of Topliss-reactive ketones (excluding diaryl/α,β-unsaturated/α-hetero) is 2. The first kappa shape index (κ1) is 119. The van der Waals surface area contributed by atoms with Gasteiger partial charge in [-0.15, -0.1) is 0 Å². The number of hydrogen-bond donors (Lipinski definition) is 23. The number of ether oxygens (including phenoxy) is 2. The van der Waals surface area contributed by atoms with E-state index < -0.39 is 250 Å². The zero-order valence-electron chi connectivity index (χ0n) is 82.4. The summed E-state index contributed by atoms with van der Waals surface area (Å²) in [5, 5.41) is 84.5. The molecule has 2 saturated heterocycles. The quantitative estimate of drug-likeness (QED) is 0.0195. The molecular weight excluding hydrogens is 1870 g/mol. The van der Waals surface area contributed by atoms with Crippen LogP contribution in [0.1, 0.15) is 243 Å². The maximum atomic E-state index is 15.4. The first-order valence-corrected chi connectivity index (χ1v) is 50.0. The molecule has 6 rings (SSSR count). The van der Waals surface area contributed by atoms with E-state index in [1.165, 1.54) is 26.0 Å². The number of guanidine groups is 1. The van der Waals surface area contributed by atoms with Crippen LogP contribution in [0.25, 0.3) is 10.9 Å². The van der Waals surface area contributed by atoms with Crippen LogP contribution >= 0.6 is 0 Å². The molecule has 0 radical (unpaired) electrons. The summed E-state index contributed by atoms with van der Waals surface area (Å²) in [6.07, 6.45) is 16.4. The van der Waals surface area contributed by atoms with Gasteiger partial charge in [-0.3, -0.25) is 96.7 Å². The average Bonchev–Trinajstić information content (AvgIpc) is 1.65. The molecule has 3 aliphatic heterocycles. The number of allylic oxidation sites excluding steroid dienone is 1. The Kier molecular flexibility index (Phi) is 55.3. The number of carbonyl (C=O) groups excluding carboxylic acids is 17. The third kappa shape index (κ3) is 46.0. The molecular formula is C98H149N21O25. The van der Waals surface area contributed by atoms with Crippen molar-refractivity contribution in [2.24, 2.45) is 22.2 Å². The Balaban J connectivity index is 1.05. The molecule has 0 aliphatic carbocycles. The summed E-state index contributed by atoms with van der Waals surface area (Å²) in [5.41, 5.74) is 19.4. The van der Waals surface area contributed by atoms with Crippen LogP contribution < -0.4 is 91.6 Å². The third-order valence-electron chi connectivity index (χ3n) is 24.7. The molecule has 15 amide bonds. The van der Waals surface area contributed by atoms with Gasteiger partial charge in [-0.05, 0) is 81.9 Å². The fourth-order valence-corrected chi connectivity index (χ4v) is 16.6. The number of unbranched alkanes of at least 4 members (excludes halogenated alkanes) is 14. The van der Waals surface area contributed by atoms with Crippen LogP contribution in [-0.4, -0.2) is 299 Å². The van der Waals surface area contributed by atoms with Gasteiger partial charge < -0.3 is 131 Å². The number of amides is 15. The summed E-state index contributed by atoms with van der Waals surface area (Å²) >= 11 is 0. The maximum absolute atomic E-state index is 15.4. The minimum Gasteiger partial charge on any atom is -0.481 e. The second-order valence-corrected chi connectivity index (χ2v) is 36.4. The van der Waals surface area contributed by atoms with Gasteiger partial charge in [0.15, 0.2) is 11.7 Å². The average molecular weight is 2020 g/mol. The van der Waals surface area contributed by atoms with Crippen LogP contribution in [0.15, 0.2) is 77.6 Å². The Morgan fingerprint density at radius 2 is 1.15 bits per heavy atom. The van der Waals surface area contributed by atoms with E-state index >= 15 is 14.4 Å². The van der Waals surface area contributed by atoms with Crippen molar-refractivity contribution >= 4 is 135 Å². The summed E-state index contributed by atoms with van der Waals surface area (Å²) in [6, 6.07) is -2.73. The van der Waals surface area contributed by atoms with E-state index in [1.807, 2.05) is 18.2 Å². The van der Waals surface area contributed by atoms with Gasteiger partial charge in [-0.25, -0.2) is 4.79 Å². The van der Waals surface area contributed by atoms with Crippen molar-refractivity contribution in [3.63, 3.8) is 0 Å². The van der Waals surface area contributed by atoms with E-state index in [4.69, 9.17) is 37.2 Å². The van der Waals surface area contributed by atoms with E-state index in [9.17, 15) is 92.0 Å². The number of nitrogens with one attached hydrogen (secondary N) is 16. The molecule has 0 unspecified atom stereocenters. The van der Waals surface area contributed by atoms with Gasteiger partial charge in [0.2, 0.25) is 88.6 Å². The van der Waals surface area contributed by atoms with Crippen LogP contribution in [0.4, 0.5) is 0 Å². The van der Waals surface area contributed by atoms with E-state index in [0.29, 0.717) is 43.2 Å². The number of H-pyrrole nitrogens is 1. The number of fused-ring (bicyclic) bond motifs is 2. The van der Waals surface area contributed by atoms with Crippen LogP contribution in [0.3, 0.4) is 0 Å². The molecule has 3 aromatic rings. The number of para-hydroxylation sites is 1. The Morgan fingerprint density at radius 1 is 0.562 bits per heavy atom. The van der Waals surface area contributed by atoms with Crippen LogP contribution in [0.2, 0.25) is 0 Å². The molecule has 26 N–H and O–H groups in total. The highest BCUT2D eigenvalue weighted by atomic mass is 16.5. The van der Waals surface area contributed by atoms with Gasteiger partial charge >= 0.3 is 11.9 Å². The maximum Gasteiger partial charge on any atom is 0.326 e. The predicted molar refractivity (Wildman–Crippen MR) is 528 cm³/mol. The molecule has 46 nitrogen and oxygen atoms in total. The second kappa shape index (κ2) is 66.6. The highest BCUT2D eigenvalue weighted by molar-refractivity contribution is 6.01. The fourth-order valence-electron chi connectivity index (χ4n) is 16.6. The molecule has 13 atom stereocenters. The molecule has 2 aromatic carbocycles. The smallest absolute Gasteiger partial charge is 0.326 e. The number of carboxylic acids is 2. The standard InChI is InChI=1S/C98H149N21O25/c1-3-4-34-70(87(131)114-73-41-40-65(122)32-21-18-22-35-68(61(2)121)110-91(135)75(51-63-56-106-69-36-26-25-33-67(63)69)115-88(132)71(37-28-45-105-98(101)102)111-90(134)74(50-62-29-19-17-20-30-62)117-95(139)80-53-66(123)58-119(80)96(73)140)112-93(137)78(55-99)118-92(136)76(52-64-31-27-44-103-64)116-89(133)72(42-43-81(100)124)113-94(138)79(59-120)109-84(127)57-107-85(128)60-144-49-48-143-47-46-104-83(126)54-77(97(141)142)108-82(125)38-23-15-13-11-9-7-5-6-8-10-12-14-16-24-39-86(129)130/h17,19-20,25-26,29-31,33,36,44,56,66,68,70-80,106,120,123H,3-16,18,21-24,27-28,32,34-35,37-43,45-55,57-60,99H2,1-2H3,(H2,100,124)(H,104,126)(H,107,128)(H,108,125)(H,109,127)(H,110,135)(H,111,134)(H,112,137)(H,113,138)(H,114,131)(H,115,132)(H,116,133)(H,117,139)(H,118,136)(H,129,130)(H,141,142)(H4,101,102,105)/t66-,68+,70+,71+,72+,73+,74-,75+,76+,77+,78+,79+,80+/m1/s1. The SMILES string of the molecule is CCCC[C@H](NC(=O)[C@H](CN)NC(=O)[C@H](CC1=CCC=N1)NC(=O)[C@H](CCC(N)=O)NC(=O)[C@H](CO)NC(=O)CNC(=O)COCCOCCNC(=O)C[C@H](NC(=O)CCCCCCCCCCCCCCCCC(=O)O)C(=O)O)C(=O)N[C@H]1CCC(=O)CCCCC[C@@H](C(C)=O)NC(=O)[C@H](Cc2c[nH]c3ccccc23)NC(=O)[C@H](CCCNC(=N)N)NC(=O)[C@@H](Cc2ccccc2)NC(=O)[C@@H]2C[C@@H](O)CN2C1=O. The van der Waals surface area contributed by atoms with Gasteiger partial charge in [0, 0.05) is 119 Å². The molecule has 0 saturated carbocycles. The van der Waals surface area contributed by atoms with Crippen LogP contribution in [-0.2, 0) is 113 Å². The summed E-state index contributed by atoms with van der Waals surface area (Å²) in [4.78, 5) is 269. The Bertz CT molecular complexity index is 4800. The van der Waals surface area contributed by atoms with Crippen molar-refractivity contribution in [1.82, 2.24) is 84.3 Å². The first-order valence-electron chi connectivity index (χ1n) is 50.0. The van der Waals surface area contributed by atoms with Crippen molar-refractivity contribution in [2.45, 2.75) is 324 Å². The van der Waals surface area contributed by atoms with E-state index in [2.05, 4.69) is 84.4 Å². The lowest BCUT2D eigenvalue weighted by atomic mass is 9.99. The number of aromatic amines is 1. The molecule has 0 spiro atoms. The number of rotatable bonds is 61. The topological polar surface area (TPSA) is 725 Å². The predicted octanol–water partition coefficient (Wildman–Crippen LogP) is -0.365. The van der Waals surface area contributed by atoms with Gasteiger partial charge in [0.25, 0.3) is 0 Å². The molecule has 3 aliphatic rings. The van der Waals surface area contributed by atoms with Crippen molar-refractivity contribution in [1.29, 1.82) is 5.41 Å². The van der Waals surface area contributed by atoms with Gasteiger partial charge in [-0.1, -0.05) is 164 Å². The number of primary amides is 1. The number of nitrogens with two attached hydrogens (primary N) is 3. The number of carboxylic acid groups (broad SMARTS) is 2. The van der Waals surface area contributed by atoms with Crippen LogP contribution in [0.5, 0.6) is 0 Å². The number of carbonyl (C=O) groups is 19. The molecule has 0 bridgehead atoms. The second-order valence-electron chi connectivity index (χ2n) is 36.4. The number of ketones is 2. The Labute approximate surface area is 837 Å². The van der Waals surface area contributed by atoms with Crippen molar-refractivity contribution in [3.05, 3.63) is 83.7 Å². The van der Waals surface area contributed by atoms with Crippen molar-refractivity contribution in [3.8, 4) is 0 Å². The number of aliphatic carboxylic acids is 2. The summed E-state index contributed by atoms with van der Waals surface area (Å²) in [5.74, 6) is -17.0. The van der Waals surface area contributed by atoms with E-state index in [-0.39, 0.29) is 134 Å². The normalized spacial score (nSPS) is 19.0. The number of aromatic nitrogens is 1. The third-order valence-corrected chi connectivity index (χ3v) is 24.7. The molecule has 4 heterocycles. The van der Waals surface area contributed by atoms with Gasteiger partial charge in [0.1, 0.15) is 78.9 Å². The van der Waals surface area contributed by atoms with Gasteiger partial charge in [0.05, 0.1) is 51.5 Å². The molecule has 1 aromatic heterocycles. The van der Waals surface area contributed by atoms with E-state index in [0.717, 1.165) is 86.4 Å². The zero-order chi connectivity index (χ0) is 105. The monoisotopic (exact) mass is 2020 g/mol. The molecule has 2 fully saturated rings. The summed E-state index contributed by atoms with van der Waals surface area (Å²) in [6.45, 7) is -0.711. The molecule has 796 valence electrons. The van der Waals surface area contributed by atoms with E-state index in [1.54, 1.807) is 55.6 Å². The molecule has 46 heteroatoms. The highest BCUT2D eigenvalue weighted by Crippen LogP contribution is 2.25. The van der Waals surface area contributed by atoms with Crippen molar-refractivity contribution in [2.75, 3.05) is 65.8 Å². The number of hydrogen-bond acceptors (Lipinski definition) is 26. The highest BCUT2D eigenvalue weighted by Gasteiger charge is 2.45. The van der Waals surface area contributed by atoms with Crippen LogP contribution in [0, 0.1) is 5.41 Å². The van der Waals surface area contributed by atoms with Crippen molar-refractivity contribution < 1.29 is 121 Å². The number of aliphatic hydroxyl groups is 2. The minimum atomic E-state index is -1.80. The number of benzene rings is 2. The minimum absolute atomic E-state index is 0.0366. The summed E-state index contributed by atoms with van der Waals surface area (Å²) < 4.78 is 10.7. The number of nitrogens with zero attached hydrogens (tertiary/aromatic N) is 2. The van der Waals surface area contributed by atoms with Gasteiger partial charge in [-0.2, -0.15) is 0 Å².